The van der Waals surface area contributed by atoms with Crippen molar-refractivity contribution in [3.63, 3.8) is 0 Å². The second kappa shape index (κ2) is 7.44. The molecule has 1 nitrogen and oxygen atoms in total. The summed E-state index contributed by atoms with van der Waals surface area (Å²) in [5.74, 6) is 0.478. The lowest BCUT2D eigenvalue weighted by atomic mass is 9.86. The van der Waals surface area contributed by atoms with Crippen LogP contribution in [0, 0.1) is 11.7 Å². The number of halogens is 1. The molecule has 0 heterocycles. The van der Waals surface area contributed by atoms with Gasteiger partial charge < -0.3 is 5.32 Å². The van der Waals surface area contributed by atoms with E-state index in [0.29, 0.717) is 12.0 Å². The van der Waals surface area contributed by atoms with Crippen LogP contribution in [0.3, 0.4) is 0 Å². The van der Waals surface area contributed by atoms with Crippen molar-refractivity contribution in [3.05, 3.63) is 35.6 Å². The molecular formula is C15H24FN. The van der Waals surface area contributed by atoms with Gasteiger partial charge in [-0.3, -0.25) is 0 Å². The molecule has 0 saturated carbocycles. The molecule has 0 bridgehead atoms. The highest BCUT2D eigenvalue weighted by Gasteiger charge is 2.20. The van der Waals surface area contributed by atoms with E-state index in [0.717, 1.165) is 0 Å². The van der Waals surface area contributed by atoms with Gasteiger partial charge in [-0.15, -0.1) is 0 Å². The minimum atomic E-state index is -0.161. The molecule has 0 radical (unpaired) electrons. The fourth-order valence-corrected chi connectivity index (χ4v) is 2.56. The highest BCUT2D eigenvalue weighted by atomic mass is 19.1. The Balaban J connectivity index is 2.83. The largest absolute Gasteiger partial charge is 0.313 e. The van der Waals surface area contributed by atoms with Crippen molar-refractivity contribution in [1.29, 1.82) is 0 Å². The predicted molar refractivity (Wildman–Crippen MR) is 71.5 cm³/mol. The third-order valence-corrected chi connectivity index (χ3v) is 3.33. The van der Waals surface area contributed by atoms with E-state index in [1.807, 2.05) is 19.2 Å². The Kier molecular flexibility index (Phi) is 6.20. The van der Waals surface area contributed by atoms with Crippen molar-refractivity contribution >= 4 is 0 Å². The van der Waals surface area contributed by atoms with E-state index < -0.39 is 0 Å². The topological polar surface area (TPSA) is 12.0 Å². The molecule has 0 spiro atoms. The zero-order valence-electron chi connectivity index (χ0n) is 11.2. The lowest BCUT2D eigenvalue weighted by Gasteiger charge is -2.27. The van der Waals surface area contributed by atoms with Crippen molar-refractivity contribution in [2.75, 3.05) is 7.05 Å². The van der Waals surface area contributed by atoms with Crippen LogP contribution in [0.25, 0.3) is 0 Å². The zero-order chi connectivity index (χ0) is 12.7. The minimum Gasteiger partial charge on any atom is -0.313 e. The summed E-state index contributed by atoms with van der Waals surface area (Å²) in [7, 11) is 1.99. The van der Waals surface area contributed by atoms with E-state index >= 15 is 0 Å². The predicted octanol–water partition coefficient (Wildman–Crippen LogP) is 4.30. The number of nitrogens with one attached hydrogen (secondary N) is 1. The molecule has 1 rings (SSSR count). The summed E-state index contributed by atoms with van der Waals surface area (Å²) in [6, 6.07) is 7.24. The van der Waals surface area contributed by atoms with Crippen LogP contribution in [0.2, 0.25) is 0 Å². The Bertz CT molecular complexity index is 301. The maximum atomic E-state index is 12.9. The van der Waals surface area contributed by atoms with Crippen molar-refractivity contribution in [2.24, 2.45) is 5.92 Å². The molecule has 1 aromatic rings. The number of benzene rings is 1. The fourth-order valence-electron chi connectivity index (χ4n) is 2.56. The molecule has 0 amide bonds. The molecule has 0 fully saturated rings. The van der Waals surface area contributed by atoms with Crippen LogP contribution in [-0.2, 0) is 0 Å². The van der Waals surface area contributed by atoms with Gasteiger partial charge >= 0.3 is 0 Å². The van der Waals surface area contributed by atoms with Gasteiger partial charge in [-0.05, 0) is 43.5 Å². The molecule has 1 atom stereocenters. The Morgan fingerprint density at radius 2 is 1.59 bits per heavy atom. The molecule has 17 heavy (non-hydrogen) atoms. The average molecular weight is 237 g/mol. The quantitative estimate of drug-likeness (QED) is 0.745. The van der Waals surface area contributed by atoms with Gasteiger partial charge in [-0.25, -0.2) is 4.39 Å². The molecule has 0 aromatic heterocycles. The van der Waals surface area contributed by atoms with Gasteiger partial charge in [0, 0.05) is 6.04 Å². The van der Waals surface area contributed by atoms with Crippen molar-refractivity contribution in [2.45, 2.75) is 45.6 Å². The lowest BCUT2D eigenvalue weighted by Crippen LogP contribution is -2.25. The van der Waals surface area contributed by atoms with Crippen molar-refractivity contribution in [1.82, 2.24) is 5.32 Å². The molecule has 0 aliphatic rings. The second-order valence-electron chi connectivity index (χ2n) is 4.66. The van der Waals surface area contributed by atoms with Crippen LogP contribution < -0.4 is 5.32 Å². The van der Waals surface area contributed by atoms with Gasteiger partial charge in [-0.1, -0.05) is 38.8 Å². The molecule has 1 unspecified atom stereocenters. The standard InChI is InChI=1S/C15H24FN/c1-4-6-12(7-5-2)15(17-3)13-8-10-14(16)11-9-13/h8-12,15,17H,4-7H2,1-3H3. The second-order valence-corrected chi connectivity index (χ2v) is 4.66. The summed E-state index contributed by atoms with van der Waals surface area (Å²) in [6.07, 6.45) is 4.83. The van der Waals surface area contributed by atoms with Gasteiger partial charge in [-0.2, -0.15) is 0 Å². The maximum Gasteiger partial charge on any atom is 0.123 e. The molecule has 0 aliphatic carbocycles. The maximum absolute atomic E-state index is 12.9. The fraction of sp³-hybridized carbons (Fsp3) is 0.600. The first kappa shape index (κ1) is 14.2. The molecule has 1 aromatic carbocycles. The van der Waals surface area contributed by atoms with Gasteiger partial charge in [0.15, 0.2) is 0 Å². The summed E-state index contributed by atoms with van der Waals surface area (Å²) in [6.45, 7) is 4.44. The van der Waals surface area contributed by atoms with E-state index in [4.69, 9.17) is 0 Å². The van der Waals surface area contributed by atoms with Crippen LogP contribution in [0.5, 0.6) is 0 Å². The van der Waals surface area contributed by atoms with Crippen molar-refractivity contribution in [3.8, 4) is 0 Å². The molecular weight excluding hydrogens is 213 g/mol. The minimum absolute atomic E-state index is 0.161. The molecule has 1 N–H and O–H groups in total. The van der Waals surface area contributed by atoms with E-state index in [9.17, 15) is 4.39 Å². The average Bonchev–Trinajstić information content (AvgIpc) is 2.33. The summed E-state index contributed by atoms with van der Waals surface area (Å²) in [5.41, 5.74) is 1.20. The van der Waals surface area contributed by atoms with Gasteiger partial charge in [0.1, 0.15) is 5.82 Å². The Labute approximate surface area is 104 Å². The first-order valence-corrected chi connectivity index (χ1v) is 6.65. The van der Waals surface area contributed by atoms with Gasteiger partial charge in [0.05, 0.1) is 0 Å². The van der Waals surface area contributed by atoms with Crippen LogP contribution in [0.15, 0.2) is 24.3 Å². The first-order valence-electron chi connectivity index (χ1n) is 6.65. The molecule has 0 aliphatic heterocycles. The number of hydrogen-bond acceptors (Lipinski definition) is 1. The monoisotopic (exact) mass is 237 g/mol. The summed E-state index contributed by atoms with van der Waals surface area (Å²) in [5, 5.41) is 3.39. The third-order valence-electron chi connectivity index (χ3n) is 3.33. The smallest absolute Gasteiger partial charge is 0.123 e. The van der Waals surface area contributed by atoms with Crippen LogP contribution >= 0.6 is 0 Å². The lowest BCUT2D eigenvalue weighted by molar-refractivity contribution is 0.330. The highest BCUT2D eigenvalue weighted by Crippen LogP contribution is 2.29. The molecule has 0 saturated heterocycles. The van der Waals surface area contributed by atoms with E-state index in [-0.39, 0.29) is 5.82 Å². The molecule has 96 valence electrons. The number of rotatable bonds is 7. The highest BCUT2D eigenvalue weighted by molar-refractivity contribution is 5.20. The zero-order valence-corrected chi connectivity index (χ0v) is 11.2. The van der Waals surface area contributed by atoms with Crippen LogP contribution in [0.1, 0.15) is 51.1 Å². The normalized spacial score (nSPS) is 13.0. The summed E-state index contributed by atoms with van der Waals surface area (Å²) >= 11 is 0. The third kappa shape index (κ3) is 4.12. The van der Waals surface area contributed by atoms with E-state index in [1.165, 1.54) is 31.2 Å². The van der Waals surface area contributed by atoms with Crippen LogP contribution in [0.4, 0.5) is 4.39 Å². The van der Waals surface area contributed by atoms with Gasteiger partial charge in [0.2, 0.25) is 0 Å². The summed E-state index contributed by atoms with van der Waals surface area (Å²) in [4.78, 5) is 0. The van der Waals surface area contributed by atoms with Gasteiger partial charge in [0.25, 0.3) is 0 Å². The van der Waals surface area contributed by atoms with E-state index in [1.54, 1.807) is 12.1 Å². The number of hydrogen-bond donors (Lipinski definition) is 1. The summed E-state index contributed by atoms with van der Waals surface area (Å²) < 4.78 is 12.9. The van der Waals surface area contributed by atoms with Crippen LogP contribution in [-0.4, -0.2) is 7.05 Å². The Morgan fingerprint density at radius 1 is 1.06 bits per heavy atom. The molecule has 2 heteroatoms. The Hall–Kier alpha value is -0.890. The Morgan fingerprint density at radius 3 is 2.00 bits per heavy atom. The van der Waals surface area contributed by atoms with Crippen molar-refractivity contribution < 1.29 is 4.39 Å². The van der Waals surface area contributed by atoms with E-state index in [2.05, 4.69) is 19.2 Å². The first-order chi connectivity index (χ1) is 8.22. The SMILES string of the molecule is CCCC(CCC)C(NC)c1ccc(F)cc1.